The molecule has 1 aliphatic carbocycles. The minimum atomic E-state index is -0.187. The molecule has 2 fully saturated rings. The molecule has 1 aliphatic heterocycles. The predicted octanol–water partition coefficient (Wildman–Crippen LogP) is 3.45. The van der Waals surface area contributed by atoms with Gasteiger partial charge in [0.05, 0.1) is 11.2 Å². The Hall–Kier alpha value is -0.930. The highest BCUT2D eigenvalue weighted by Crippen LogP contribution is 2.38. The molecule has 0 aromatic heterocycles. The number of rotatable bonds is 2. The van der Waals surface area contributed by atoms with E-state index in [-0.39, 0.29) is 17.0 Å². The SMILES string of the molecule is CC1(Cc2ccc(F)cc2)CNCC2(CCCCC2)O1. The van der Waals surface area contributed by atoms with Gasteiger partial charge in [0.2, 0.25) is 0 Å². The van der Waals surface area contributed by atoms with E-state index < -0.39 is 0 Å². The zero-order valence-corrected chi connectivity index (χ0v) is 12.3. The third-order valence-electron chi connectivity index (χ3n) is 4.67. The van der Waals surface area contributed by atoms with Crippen molar-refractivity contribution in [2.24, 2.45) is 0 Å². The summed E-state index contributed by atoms with van der Waals surface area (Å²) in [5.41, 5.74) is 0.988. The Morgan fingerprint density at radius 1 is 1.10 bits per heavy atom. The van der Waals surface area contributed by atoms with E-state index in [2.05, 4.69) is 12.2 Å². The van der Waals surface area contributed by atoms with Gasteiger partial charge in [-0.15, -0.1) is 0 Å². The Bertz CT molecular complexity index is 447. The number of nitrogens with one attached hydrogen (secondary N) is 1. The molecule has 1 atom stereocenters. The van der Waals surface area contributed by atoms with Crippen molar-refractivity contribution >= 4 is 0 Å². The van der Waals surface area contributed by atoms with Crippen molar-refractivity contribution in [2.75, 3.05) is 13.1 Å². The summed E-state index contributed by atoms with van der Waals surface area (Å²) in [5, 5.41) is 3.57. The molecule has 0 bridgehead atoms. The molecule has 1 heterocycles. The van der Waals surface area contributed by atoms with Crippen molar-refractivity contribution in [1.82, 2.24) is 5.32 Å². The maximum atomic E-state index is 13.0. The van der Waals surface area contributed by atoms with Crippen LogP contribution in [0.3, 0.4) is 0 Å². The summed E-state index contributed by atoms with van der Waals surface area (Å²) in [5.74, 6) is -0.176. The molecule has 1 saturated carbocycles. The minimum Gasteiger partial charge on any atom is -0.366 e. The maximum absolute atomic E-state index is 13.0. The highest BCUT2D eigenvalue weighted by Gasteiger charge is 2.43. The average molecular weight is 277 g/mol. The lowest BCUT2D eigenvalue weighted by Crippen LogP contribution is -2.60. The molecular weight excluding hydrogens is 253 g/mol. The van der Waals surface area contributed by atoms with E-state index in [1.54, 1.807) is 0 Å². The lowest BCUT2D eigenvalue weighted by Gasteiger charge is -2.49. The van der Waals surface area contributed by atoms with Crippen LogP contribution in [0.2, 0.25) is 0 Å². The largest absolute Gasteiger partial charge is 0.366 e. The van der Waals surface area contributed by atoms with E-state index in [1.807, 2.05) is 12.1 Å². The van der Waals surface area contributed by atoms with E-state index in [0.29, 0.717) is 0 Å². The van der Waals surface area contributed by atoms with Gasteiger partial charge >= 0.3 is 0 Å². The molecule has 1 unspecified atom stereocenters. The van der Waals surface area contributed by atoms with E-state index in [4.69, 9.17) is 4.74 Å². The minimum absolute atomic E-state index is 0.0330. The van der Waals surface area contributed by atoms with Crippen LogP contribution < -0.4 is 5.32 Å². The summed E-state index contributed by atoms with van der Waals surface area (Å²) in [7, 11) is 0. The fourth-order valence-electron chi connectivity index (χ4n) is 3.76. The fourth-order valence-corrected chi connectivity index (χ4v) is 3.76. The van der Waals surface area contributed by atoms with Gasteiger partial charge in [-0.3, -0.25) is 0 Å². The zero-order chi connectivity index (χ0) is 14.1. The summed E-state index contributed by atoms with van der Waals surface area (Å²) in [6.45, 7) is 4.02. The topological polar surface area (TPSA) is 21.3 Å². The highest BCUT2D eigenvalue weighted by atomic mass is 19.1. The number of halogens is 1. The van der Waals surface area contributed by atoms with E-state index in [9.17, 15) is 4.39 Å². The number of hydrogen-bond donors (Lipinski definition) is 1. The van der Waals surface area contributed by atoms with Gasteiger partial charge in [-0.1, -0.05) is 31.4 Å². The van der Waals surface area contributed by atoms with Crippen molar-refractivity contribution in [3.8, 4) is 0 Å². The molecule has 2 aliphatic rings. The van der Waals surface area contributed by atoms with E-state index in [1.165, 1.54) is 44.2 Å². The van der Waals surface area contributed by atoms with Crippen LogP contribution in [0.4, 0.5) is 4.39 Å². The van der Waals surface area contributed by atoms with Crippen molar-refractivity contribution in [2.45, 2.75) is 56.7 Å². The van der Waals surface area contributed by atoms with Crippen molar-refractivity contribution < 1.29 is 9.13 Å². The maximum Gasteiger partial charge on any atom is 0.123 e. The highest BCUT2D eigenvalue weighted by molar-refractivity contribution is 5.19. The average Bonchev–Trinajstić information content (AvgIpc) is 2.42. The summed E-state index contributed by atoms with van der Waals surface area (Å²) in [6, 6.07) is 6.80. The first kappa shape index (κ1) is 14.0. The van der Waals surface area contributed by atoms with Crippen LogP contribution in [-0.4, -0.2) is 24.3 Å². The van der Waals surface area contributed by atoms with Crippen molar-refractivity contribution in [3.05, 3.63) is 35.6 Å². The summed E-state index contributed by atoms with van der Waals surface area (Å²) in [6.07, 6.45) is 7.04. The molecule has 0 radical (unpaired) electrons. The Balaban J connectivity index is 1.72. The van der Waals surface area contributed by atoms with Crippen molar-refractivity contribution in [1.29, 1.82) is 0 Å². The lowest BCUT2D eigenvalue weighted by molar-refractivity contribution is -0.182. The molecule has 0 amide bonds. The van der Waals surface area contributed by atoms with Crippen LogP contribution in [0.1, 0.15) is 44.6 Å². The first-order chi connectivity index (χ1) is 9.59. The third kappa shape index (κ3) is 3.04. The van der Waals surface area contributed by atoms with Gasteiger partial charge in [0.25, 0.3) is 0 Å². The van der Waals surface area contributed by atoms with E-state index >= 15 is 0 Å². The van der Waals surface area contributed by atoms with Gasteiger partial charge in [-0.05, 0) is 37.5 Å². The van der Waals surface area contributed by atoms with Gasteiger partial charge in [-0.25, -0.2) is 4.39 Å². The van der Waals surface area contributed by atoms with Gasteiger partial charge in [0.1, 0.15) is 5.82 Å². The fraction of sp³-hybridized carbons (Fsp3) is 0.647. The molecule has 1 saturated heterocycles. The smallest absolute Gasteiger partial charge is 0.123 e. The van der Waals surface area contributed by atoms with Crippen LogP contribution in [0.5, 0.6) is 0 Å². The number of benzene rings is 1. The van der Waals surface area contributed by atoms with Gasteiger partial charge in [0.15, 0.2) is 0 Å². The quantitative estimate of drug-likeness (QED) is 0.894. The molecule has 2 nitrogen and oxygen atoms in total. The number of hydrogen-bond acceptors (Lipinski definition) is 2. The van der Waals surface area contributed by atoms with Gasteiger partial charge in [0, 0.05) is 19.5 Å². The molecule has 3 rings (SSSR count). The van der Waals surface area contributed by atoms with Crippen LogP contribution >= 0.6 is 0 Å². The molecule has 1 aromatic rings. The first-order valence-corrected chi connectivity index (χ1v) is 7.75. The second-order valence-corrected chi connectivity index (χ2v) is 6.70. The van der Waals surface area contributed by atoms with Crippen molar-refractivity contribution in [3.63, 3.8) is 0 Å². The molecule has 1 aromatic carbocycles. The predicted molar refractivity (Wildman–Crippen MR) is 78.3 cm³/mol. The summed E-state index contributed by atoms with van der Waals surface area (Å²) >= 11 is 0. The van der Waals surface area contributed by atoms with E-state index in [0.717, 1.165) is 25.1 Å². The standard InChI is InChI=1S/C17H24FNO/c1-16(11-14-5-7-15(18)8-6-14)12-19-13-17(20-16)9-3-2-4-10-17/h5-8,19H,2-4,9-13H2,1H3. The van der Waals surface area contributed by atoms with Crippen LogP contribution in [0.25, 0.3) is 0 Å². The summed E-state index contributed by atoms with van der Waals surface area (Å²) < 4.78 is 19.6. The summed E-state index contributed by atoms with van der Waals surface area (Å²) in [4.78, 5) is 0. The van der Waals surface area contributed by atoms with Gasteiger partial charge in [-0.2, -0.15) is 0 Å². The number of ether oxygens (including phenoxy) is 1. The molecule has 110 valence electrons. The van der Waals surface area contributed by atoms with Gasteiger partial charge < -0.3 is 10.1 Å². The second kappa shape index (κ2) is 5.45. The molecule has 20 heavy (non-hydrogen) atoms. The lowest BCUT2D eigenvalue weighted by atomic mass is 9.81. The molecule has 3 heteroatoms. The Morgan fingerprint density at radius 3 is 2.50 bits per heavy atom. The molecule has 1 spiro atoms. The number of morpholine rings is 1. The monoisotopic (exact) mass is 277 g/mol. The molecule has 1 N–H and O–H groups in total. The Kier molecular flexibility index (Phi) is 3.83. The third-order valence-corrected chi connectivity index (χ3v) is 4.67. The van der Waals surface area contributed by atoms with Crippen LogP contribution in [-0.2, 0) is 11.2 Å². The van der Waals surface area contributed by atoms with Crippen LogP contribution in [0, 0.1) is 5.82 Å². The molecular formula is C17H24FNO. The van der Waals surface area contributed by atoms with Crippen LogP contribution in [0.15, 0.2) is 24.3 Å². The first-order valence-electron chi connectivity index (χ1n) is 7.75. The normalized spacial score (nSPS) is 29.5. The zero-order valence-electron chi connectivity index (χ0n) is 12.3. The Morgan fingerprint density at radius 2 is 1.80 bits per heavy atom. The Labute approximate surface area is 120 Å². The second-order valence-electron chi connectivity index (χ2n) is 6.70.